The number of fused-ring (bicyclic) bond motifs is 1. The highest BCUT2D eigenvalue weighted by Crippen LogP contribution is 2.23. The van der Waals surface area contributed by atoms with Gasteiger partial charge in [-0.15, -0.1) is 0 Å². The third kappa shape index (κ3) is 15.7. The summed E-state index contributed by atoms with van der Waals surface area (Å²) in [4.78, 5) is 0. The maximum atomic E-state index is 9.37. The Kier molecular flexibility index (Phi) is 16.9. The maximum absolute atomic E-state index is 9.37. The molecular weight excluding hydrogens is 438 g/mol. The van der Waals surface area contributed by atoms with E-state index in [1.54, 1.807) is 6.07 Å². The van der Waals surface area contributed by atoms with Crippen LogP contribution in [-0.2, 0) is 10.4 Å². The molecule has 0 unspecified atom stereocenters. The number of phenolic OH excluding ortho intramolecular Hbond substituents is 1. The lowest BCUT2D eigenvalue weighted by molar-refractivity contribution is -0.929. The van der Waals surface area contributed by atoms with E-state index in [9.17, 15) is 5.11 Å². The summed E-state index contributed by atoms with van der Waals surface area (Å²) < 4.78 is 33.0. The number of aromatic hydroxyl groups is 1. The van der Waals surface area contributed by atoms with Gasteiger partial charge in [0.2, 0.25) is 0 Å². The van der Waals surface area contributed by atoms with Crippen molar-refractivity contribution in [2.75, 3.05) is 26.2 Å². The van der Waals surface area contributed by atoms with E-state index in [0.717, 1.165) is 10.8 Å². The first kappa shape index (κ1) is 31.3. The first-order valence-corrected chi connectivity index (χ1v) is 13.7. The number of unbranched alkanes of at least 4 members (excludes halogenated alkanes) is 4. The minimum Gasteiger partial charge on any atom is -0.507 e. The molecule has 0 radical (unpaired) electrons. The van der Waals surface area contributed by atoms with Gasteiger partial charge < -0.3 is 9.59 Å². The molecule has 0 saturated heterocycles. The molecule has 2 aromatic rings. The Balaban J connectivity index is 0.000000540. The molecule has 0 bridgehead atoms. The Morgan fingerprint density at radius 2 is 1.03 bits per heavy atom. The zero-order chi connectivity index (χ0) is 25.2. The second kappa shape index (κ2) is 17.8. The van der Waals surface area contributed by atoms with E-state index in [0.29, 0.717) is 5.75 Å². The highest BCUT2D eigenvalue weighted by molar-refractivity contribution is 7.79. The van der Waals surface area contributed by atoms with Gasteiger partial charge in [0, 0.05) is 5.39 Å². The van der Waals surface area contributed by atoms with Gasteiger partial charge in [0.15, 0.2) is 0 Å². The molecule has 0 heterocycles. The fraction of sp³-hybridized carbons (Fsp3) is 0.615. The van der Waals surface area contributed by atoms with Gasteiger partial charge in [-0.25, -0.2) is 0 Å². The largest absolute Gasteiger partial charge is 0.507 e. The van der Waals surface area contributed by atoms with Crippen molar-refractivity contribution < 1.29 is 27.1 Å². The van der Waals surface area contributed by atoms with Crippen molar-refractivity contribution in [3.05, 3.63) is 42.5 Å². The molecule has 0 atom stereocenters. The summed E-state index contributed by atoms with van der Waals surface area (Å²) in [5.74, 6) is 0.350. The maximum Gasteiger partial charge on any atom is 0.394 e. The molecule has 190 valence electrons. The quantitative estimate of drug-likeness (QED) is 0.225. The smallest absolute Gasteiger partial charge is 0.394 e. The van der Waals surface area contributed by atoms with E-state index in [4.69, 9.17) is 17.5 Å². The molecule has 0 aliphatic rings. The van der Waals surface area contributed by atoms with Crippen molar-refractivity contribution in [1.29, 1.82) is 0 Å². The lowest BCUT2D eigenvalue weighted by atomic mass is 10.1. The van der Waals surface area contributed by atoms with Gasteiger partial charge in [0.1, 0.15) is 5.75 Å². The van der Waals surface area contributed by atoms with E-state index in [1.807, 2.05) is 36.4 Å². The Hall–Kier alpha value is -1.67. The number of rotatable bonds is 12. The Morgan fingerprint density at radius 3 is 1.39 bits per heavy atom. The van der Waals surface area contributed by atoms with Crippen LogP contribution in [0.15, 0.2) is 42.5 Å². The molecular formula is C26H46NO5S+. The minimum absolute atomic E-state index is 0.350. The summed E-state index contributed by atoms with van der Waals surface area (Å²) in [7, 11) is -4.67. The first-order valence-electron chi connectivity index (χ1n) is 12.3. The number of benzene rings is 2. The fourth-order valence-electron chi connectivity index (χ4n) is 3.85. The molecule has 3 N–H and O–H groups in total. The molecule has 0 fully saturated rings. The highest BCUT2D eigenvalue weighted by atomic mass is 32.3. The topological polar surface area (TPSA) is 94.8 Å². The molecule has 33 heavy (non-hydrogen) atoms. The average Bonchev–Trinajstić information content (AvgIpc) is 2.78. The van der Waals surface area contributed by atoms with E-state index in [1.165, 1.54) is 82.0 Å². The molecule has 2 rings (SSSR count). The van der Waals surface area contributed by atoms with Crippen LogP contribution >= 0.6 is 0 Å². The third-order valence-electron chi connectivity index (χ3n) is 5.71. The van der Waals surface area contributed by atoms with Crippen LogP contribution < -0.4 is 0 Å². The minimum atomic E-state index is -4.67. The number of quaternary nitrogens is 1. The molecule has 0 aromatic heterocycles. The molecule has 0 saturated carbocycles. The van der Waals surface area contributed by atoms with Crippen LogP contribution in [0.1, 0.15) is 79.1 Å². The second-order valence-electron chi connectivity index (χ2n) is 8.60. The van der Waals surface area contributed by atoms with Crippen molar-refractivity contribution in [1.82, 2.24) is 0 Å². The van der Waals surface area contributed by atoms with Gasteiger partial charge in [-0.1, -0.05) is 89.8 Å². The standard InChI is InChI=1S/C16H36N.C10H8O.H2O4S/c1-5-9-13-17(14-10-6-2,15-11-7-3)16-12-8-4;11-10-7-3-5-8-4-1-2-6-9(8)10;1-5(2,3)4/h5-16H2,1-4H3;1-7,11H;(H2,1,2,3,4)/q+1;;. The second-order valence-corrected chi connectivity index (χ2v) is 9.49. The van der Waals surface area contributed by atoms with Gasteiger partial charge in [0.25, 0.3) is 0 Å². The zero-order valence-electron chi connectivity index (χ0n) is 21.0. The van der Waals surface area contributed by atoms with Crippen molar-refractivity contribution in [3.63, 3.8) is 0 Å². The highest BCUT2D eigenvalue weighted by Gasteiger charge is 2.24. The average molecular weight is 485 g/mol. The van der Waals surface area contributed by atoms with E-state index in [-0.39, 0.29) is 0 Å². The van der Waals surface area contributed by atoms with Crippen LogP contribution in [0, 0.1) is 0 Å². The van der Waals surface area contributed by atoms with Crippen LogP contribution in [0.4, 0.5) is 0 Å². The summed E-state index contributed by atoms with van der Waals surface area (Å²) >= 11 is 0. The van der Waals surface area contributed by atoms with Gasteiger partial charge in [-0.3, -0.25) is 9.11 Å². The first-order chi connectivity index (χ1) is 15.6. The summed E-state index contributed by atoms with van der Waals surface area (Å²) in [6, 6.07) is 13.3. The van der Waals surface area contributed by atoms with Crippen molar-refractivity contribution in [3.8, 4) is 5.75 Å². The Labute approximate surface area is 201 Å². The summed E-state index contributed by atoms with van der Waals surface area (Å²) in [6.45, 7) is 15.0. The number of nitrogens with zero attached hydrogens (tertiary/aromatic N) is 1. The molecule has 0 spiro atoms. The molecule has 0 aliphatic carbocycles. The van der Waals surface area contributed by atoms with Crippen molar-refractivity contribution >= 4 is 21.2 Å². The molecule has 2 aromatic carbocycles. The predicted molar refractivity (Wildman–Crippen MR) is 139 cm³/mol. The van der Waals surface area contributed by atoms with Gasteiger partial charge in [-0.2, -0.15) is 8.42 Å². The number of phenols is 1. The lowest BCUT2D eigenvalue weighted by Crippen LogP contribution is -2.50. The third-order valence-corrected chi connectivity index (χ3v) is 5.71. The molecule has 7 heteroatoms. The van der Waals surface area contributed by atoms with Crippen LogP contribution in [0.5, 0.6) is 5.75 Å². The van der Waals surface area contributed by atoms with Crippen LogP contribution in [0.25, 0.3) is 10.8 Å². The fourth-order valence-corrected chi connectivity index (χ4v) is 3.85. The SMILES string of the molecule is CCCC[N+](CCCC)(CCCC)CCCC.O=S(=O)(O)O.Oc1cccc2ccccc12. The van der Waals surface area contributed by atoms with Crippen LogP contribution in [0.3, 0.4) is 0 Å². The summed E-state index contributed by atoms with van der Waals surface area (Å²) in [6.07, 6.45) is 11.1. The van der Waals surface area contributed by atoms with Crippen molar-refractivity contribution in [2.24, 2.45) is 0 Å². The summed E-state index contributed by atoms with van der Waals surface area (Å²) in [5, 5.41) is 11.4. The van der Waals surface area contributed by atoms with E-state index >= 15 is 0 Å². The normalized spacial score (nSPS) is 11.3. The zero-order valence-corrected chi connectivity index (χ0v) is 21.9. The molecule has 0 amide bonds. The molecule has 0 aliphatic heterocycles. The molecule has 6 nitrogen and oxygen atoms in total. The predicted octanol–water partition coefficient (Wildman–Crippen LogP) is 6.90. The Bertz CT molecular complexity index is 804. The van der Waals surface area contributed by atoms with E-state index in [2.05, 4.69) is 27.7 Å². The monoisotopic (exact) mass is 484 g/mol. The van der Waals surface area contributed by atoms with Crippen LogP contribution in [0.2, 0.25) is 0 Å². The van der Waals surface area contributed by atoms with E-state index < -0.39 is 10.4 Å². The van der Waals surface area contributed by atoms with Crippen molar-refractivity contribution in [2.45, 2.75) is 79.1 Å². The number of hydrogen-bond donors (Lipinski definition) is 3. The summed E-state index contributed by atoms with van der Waals surface area (Å²) in [5.41, 5.74) is 0. The van der Waals surface area contributed by atoms with Gasteiger partial charge in [0.05, 0.1) is 26.2 Å². The Morgan fingerprint density at radius 1 is 0.667 bits per heavy atom. The van der Waals surface area contributed by atoms with Crippen LogP contribution in [-0.4, -0.2) is 53.3 Å². The number of hydrogen-bond acceptors (Lipinski definition) is 3. The van der Waals surface area contributed by atoms with Gasteiger partial charge in [-0.05, 0) is 37.1 Å². The lowest BCUT2D eigenvalue weighted by Gasteiger charge is -2.39. The van der Waals surface area contributed by atoms with Gasteiger partial charge >= 0.3 is 10.4 Å².